The van der Waals surface area contributed by atoms with Gasteiger partial charge in [0.1, 0.15) is 16.9 Å². The van der Waals surface area contributed by atoms with Crippen molar-refractivity contribution in [3.05, 3.63) is 64.1 Å². The molecule has 218 valence electrons. The van der Waals surface area contributed by atoms with Gasteiger partial charge >= 0.3 is 5.97 Å². The molecular formula is C29H38N8O4. The van der Waals surface area contributed by atoms with Gasteiger partial charge in [-0.15, -0.1) is 0 Å². The number of nitro groups is 1. The first-order valence-corrected chi connectivity index (χ1v) is 12.9. The first kappa shape index (κ1) is 31.0. The third-order valence-corrected chi connectivity index (χ3v) is 6.40. The Morgan fingerprint density at radius 3 is 2.59 bits per heavy atom. The molecule has 41 heavy (non-hydrogen) atoms. The lowest BCUT2D eigenvalue weighted by Crippen LogP contribution is -2.29. The van der Waals surface area contributed by atoms with Crippen molar-refractivity contribution in [2.75, 3.05) is 44.4 Å². The fourth-order valence-electron chi connectivity index (χ4n) is 4.33. The number of benzene rings is 1. The third kappa shape index (κ3) is 6.77. The molecule has 1 N–H and O–H groups in total. The van der Waals surface area contributed by atoms with Crippen LogP contribution >= 0.6 is 0 Å². The normalized spacial score (nSPS) is 11.0. The molecule has 0 aliphatic heterocycles. The summed E-state index contributed by atoms with van der Waals surface area (Å²) in [5.74, 6) is -0.363. The van der Waals surface area contributed by atoms with E-state index in [4.69, 9.17) is 9.72 Å². The summed E-state index contributed by atoms with van der Waals surface area (Å²) in [4.78, 5) is 42.0. The Bertz CT molecular complexity index is 1560. The van der Waals surface area contributed by atoms with E-state index in [0.717, 1.165) is 23.1 Å². The molecule has 0 saturated heterocycles. The zero-order valence-corrected chi connectivity index (χ0v) is 23.8. The first-order chi connectivity index (χ1) is 19.0. The molecule has 0 radical (unpaired) electrons. The maximum Gasteiger partial charge on any atom is 0.342 e. The maximum atomic E-state index is 13.0. The summed E-state index contributed by atoms with van der Waals surface area (Å²) in [6.07, 6.45) is 4.64. The van der Waals surface area contributed by atoms with Gasteiger partial charge in [-0.05, 0) is 58.6 Å². The van der Waals surface area contributed by atoms with Crippen LogP contribution in [-0.4, -0.2) is 75.6 Å². The molecule has 4 aromatic rings. The minimum atomic E-state index is -0.547. The van der Waals surface area contributed by atoms with Crippen LogP contribution < -0.4 is 10.2 Å². The number of anilines is 3. The Morgan fingerprint density at radius 1 is 1.20 bits per heavy atom. The monoisotopic (exact) mass is 562 g/mol. The van der Waals surface area contributed by atoms with Gasteiger partial charge in [-0.2, -0.15) is 0 Å². The third-order valence-electron chi connectivity index (χ3n) is 6.40. The SMILES string of the molecule is C.Cc1cc(N(C)CCN(C)C)c([N+](=O)[O-])cc1Nc1ncc(C(=O)OC(C)C)c(-c2cn(C)c3ncccc23)n1. The Hall–Kier alpha value is -4.58. The lowest BCUT2D eigenvalue weighted by Gasteiger charge is -2.22. The molecule has 0 aliphatic carbocycles. The first-order valence-electron chi connectivity index (χ1n) is 12.9. The number of nitrogens with zero attached hydrogens (tertiary/aromatic N) is 7. The molecule has 3 heterocycles. The van der Waals surface area contributed by atoms with Crippen LogP contribution in [0.2, 0.25) is 0 Å². The molecule has 1 aromatic carbocycles. The average molecular weight is 563 g/mol. The predicted octanol–water partition coefficient (Wildman–Crippen LogP) is 5.19. The number of fused-ring (bicyclic) bond motifs is 1. The van der Waals surface area contributed by atoms with E-state index >= 15 is 0 Å². The van der Waals surface area contributed by atoms with Gasteiger partial charge in [-0.3, -0.25) is 10.1 Å². The molecule has 12 nitrogen and oxygen atoms in total. The number of esters is 1. The Morgan fingerprint density at radius 2 is 1.93 bits per heavy atom. The van der Waals surface area contributed by atoms with Crippen LogP contribution in [0.15, 0.2) is 42.9 Å². The van der Waals surface area contributed by atoms with Crippen molar-refractivity contribution < 1.29 is 14.5 Å². The van der Waals surface area contributed by atoms with Crippen molar-refractivity contribution in [1.29, 1.82) is 0 Å². The van der Waals surface area contributed by atoms with Crippen LogP contribution in [0.4, 0.5) is 23.0 Å². The molecule has 0 aliphatic rings. The van der Waals surface area contributed by atoms with Crippen molar-refractivity contribution >= 4 is 40.0 Å². The number of carbonyl (C=O) groups excluding carboxylic acids is 1. The fraction of sp³-hybridized carbons (Fsp3) is 0.379. The Labute approximate surface area is 240 Å². The number of aryl methyl sites for hydroxylation is 2. The van der Waals surface area contributed by atoms with E-state index in [1.165, 1.54) is 12.3 Å². The zero-order chi connectivity index (χ0) is 29.1. The number of aromatic nitrogens is 4. The van der Waals surface area contributed by atoms with Crippen molar-refractivity contribution in [3.63, 3.8) is 0 Å². The van der Waals surface area contributed by atoms with Crippen LogP contribution in [0.25, 0.3) is 22.3 Å². The highest BCUT2D eigenvalue weighted by Crippen LogP contribution is 2.35. The highest BCUT2D eigenvalue weighted by molar-refractivity contribution is 6.02. The summed E-state index contributed by atoms with van der Waals surface area (Å²) in [5.41, 5.74) is 3.74. The minimum absolute atomic E-state index is 0. The van der Waals surface area contributed by atoms with E-state index in [-0.39, 0.29) is 30.7 Å². The topological polar surface area (TPSA) is 132 Å². The molecule has 0 spiro atoms. The fourth-order valence-corrected chi connectivity index (χ4v) is 4.33. The number of rotatable bonds is 10. The van der Waals surface area contributed by atoms with Gasteiger partial charge in [0.2, 0.25) is 5.95 Å². The number of ether oxygens (including phenoxy) is 1. The molecule has 0 amide bonds. The summed E-state index contributed by atoms with van der Waals surface area (Å²) in [6, 6.07) is 6.99. The van der Waals surface area contributed by atoms with E-state index in [0.29, 0.717) is 29.2 Å². The molecule has 0 bridgehead atoms. The summed E-state index contributed by atoms with van der Waals surface area (Å²) in [5, 5.41) is 15.9. The number of pyridine rings is 1. The van der Waals surface area contributed by atoms with Crippen LogP contribution in [0.1, 0.15) is 37.2 Å². The smallest absolute Gasteiger partial charge is 0.342 e. The van der Waals surface area contributed by atoms with Crippen LogP contribution in [-0.2, 0) is 11.8 Å². The van der Waals surface area contributed by atoms with Gasteiger partial charge in [-0.1, -0.05) is 7.43 Å². The molecule has 3 aromatic heterocycles. The quantitative estimate of drug-likeness (QED) is 0.156. The number of hydrogen-bond acceptors (Lipinski definition) is 10. The number of carbonyl (C=O) groups is 1. The second-order valence-electron chi connectivity index (χ2n) is 10.2. The van der Waals surface area contributed by atoms with E-state index in [2.05, 4.69) is 15.3 Å². The van der Waals surface area contributed by atoms with E-state index < -0.39 is 10.9 Å². The number of likely N-dealkylation sites (N-methyl/N-ethyl adjacent to an activating group) is 2. The summed E-state index contributed by atoms with van der Waals surface area (Å²) < 4.78 is 7.32. The van der Waals surface area contributed by atoms with Crippen molar-refractivity contribution in [1.82, 2.24) is 24.4 Å². The molecule has 0 fully saturated rings. The standard InChI is InChI=1S/C28H34N8O4.CH4/c1-17(2)40-27(37)20-15-30-28(32-25(20)21-16-35(7)26-19(21)9-8-10-29-26)31-22-14-24(36(38)39)23(13-18(22)3)34(6)12-11-33(4)5;/h8-10,13-17H,11-12H2,1-7H3,(H,30,31,32);1H4. The minimum Gasteiger partial charge on any atom is -0.459 e. The van der Waals surface area contributed by atoms with E-state index in [9.17, 15) is 14.9 Å². The van der Waals surface area contributed by atoms with Gasteiger partial charge in [0.15, 0.2) is 0 Å². The Balaban J connectivity index is 0.00000462. The van der Waals surface area contributed by atoms with Crippen molar-refractivity contribution in [2.24, 2.45) is 7.05 Å². The number of nitro benzene ring substituents is 1. The van der Waals surface area contributed by atoms with Gasteiger partial charge in [0.05, 0.1) is 22.4 Å². The summed E-state index contributed by atoms with van der Waals surface area (Å²) in [7, 11) is 7.61. The molecule has 0 unspecified atom stereocenters. The lowest BCUT2D eigenvalue weighted by atomic mass is 10.1. The van der Waals surface area contributed by atoms with Gasteiger partial charge in [0.25, 0.3) is 5.69 Å². The summed E-state index contributed by atoms with van der Waals surface area (Å²) >= 11 is 0. The van der Waals surface area contributed by atoms with E-state index in [1.54, 1.807) is 26.1 Å². The van der Waals surface area contributed by atoms with E-state index in [1.807, 2.05) is 67.8 Å². The molecule has 4 rings (SSSR count). The Kier molecular flexibility index (Phi) is 9.61. The van der Waals surface area contributed by atoms with Crippen LogP contribution in [0, 0.1) is 17.0 Å². The van der Waals surface area contributed by atoms with Gasteiger partial charge in [-0.25, -0.2) is 19.7 Å². The molecule has 0 saturated carbocycles. The molecular weight excluding hydrogens is 524 g/mol. The maximum absolute atomic E-state index is 13.0. The van der Waals surface area contributed by atoms with Crippen molar-refractivity contribution in [2.45, 2.75) is 34.3 Å². The average Bonchev–Trinajstić information content (AvgIpc) is 3.24. The predicted molar refractivity (Wildman–Crippen MR) is 162 cm³/mol. The highest BCUT2D eigenvalue weighted by Gasteiger charge is 2.24. The summed E-state index contributed by atoms with van der Waals surface area (Å²) in [6.45, 7) is 6.78. The number of hydrogen-bond donors (Lipinski definition) is 1. The second kappa shape index (κ2) is 12.7. The van der Waals surface area contributed by atoms with Gasteiger partial charge in [0, 0.05) is 62.8 Å². The largest absolute Gasteiger partial charge is 0.459 e. The van der Waals surface area contributed by atoms with Gasteiger partial charge < -0.3 is 24.4 Å². The lowest BCUT2D eigenvalue weighted by molar-refractivity contribution is -0.384. The molecule has 0 atom stereocenters. The number of nitrogens with one attached hydrogen (secondary N) is 1. The zero-order valence-electron chi connectivity index (χ0n) is 23.8. The van der Waals surface area contributed by atoms with Crippen LogP contribution in [0.5, 0.6) is 0 Å². The second-order valence-corrected chi connectivity index (χ2v) is 10.2. The molecule has 12 heteroatoms. The highest BCUT2D eigenvalue weighted by atomic mass is 16.6. The van der Waals surface area contributed by atoms with Crippen molar-refractivity contribution in [3.8, 4) is 11.3 Å². The van der Waals surface area contributed by atoms with Crippen LogP contribution in [0.3, 0.4) is 0 Å².